The van der Waals surface area contributed by atoms with Crippen LogP contribution >= 0.6 is 0 Å². The van der Waals surface area contributed by atoms with E-state index in [1.807, 2.05) is 4.90 Å². The van der Waals surface area contributed by atoms with Crippen LogP contribution in [0.1, 0.15) is 31.2 Å². The van der Waals surface area contributed by atoms with Crippen LogP contribution in [-0.2, 0) is 11.0 Å². The predicted molar refractivity (Wildman–Crippen MR) is 97.5 cm³/mol. The van der Waals surface area contributed by atoms with Crippen molar-refractivity contribution in [1.82, 2.24) is 10.2 Å². The lowest BCUT2D eigenvalue weighted by Gasteiger charge is -2.36. The van der Waals surface area contributed by atoms with Crippen molar-refractivity contribution >= 4 is 11.6 Å². The molecule has 1 aromatic carbocycles. The van der Waals surface area contributed by atoms with Gasteiger partial charge in [0.1, 0.15) is 0 Å². The average molecular weight is 381 g/mol. The fourth-order valence-electron chi connectivity index (χ4n) is 4.01. The first-order chi connectivity index (χ1) is 12.9. The predicted octanol–water partition coefficient (Wildman–Crippen LogP) is 3.13. The molecule has 7 heteroatoms. The number of benzene rings is 1. The molecule has 1 saturated heterocycles. The summed E-state index contributed by atoms with van der Waals surface area (Å²) in [7, 11) is 0. The summed E-state index contributed by atoms with van der Waals surface area (Å²) in [5.74, 6) is 1.45. The maximum Gasteiger partial charge on any atom is 0.416 e. The number of anilines is 1. The smallest absolute Gasteiger partial charge is 0.369 e. The lowest BCUT2D eigenvalue weighted by Crippen LogP contribution is -2.51. The number of carbonyl (C=O) groups excluding carboxylic acids is 1. The number of rotatable bonds is 6. The number of alkyl halides is 3. The molecule has 1 aliphatic heterocycles. The fraction of sp³-hybridized carbons (Fsp3) is 0.650. The maximum atomic E-state index is 12.9. The summed E-state index contributed by atoms with van der Waals surface area (Å²) in [6, 6.07) is 5.84. The van der Waals surface area contributed by atoms with Crippen LogP contribution in [0.25, 0.3) is 0 Å². The molecule has 1 aromatic rings. The van der Waals surface area contributed by atoms with Gasteiger partial charge in [-0.2, -0.15) is 13.2 Å². The van der Waals surface area contributed by atoms with Crippen molar-refractivity contribution in [2.24, 2.45) is 11.8 Å². The summed E-state index contributed by atoms with van der Waals surface area (Å²) in [6.07, 6.45) is 0.609. The summed E-state index contributed by atoms with van der Waals surface area (Å²) < 4.78 is 38.7. The largest absolute Gasteiger partial charge is 0.416 e. The SMILES string of the molecule is O=C(CN1CCN(c2cccc(C(F)(F)F)c2)CC1)NC(C1CC1)C1CC1. The van der Waals surface area contributed by atoms with Crippen LogP contribution in [0.2, 0.25) is 0 Å². The molecule has 1 N–H and O–H groups in total. The van der Waals surface area contributed by atoms with E-state index in [1.165, 1.54) is 37.8 Å². The molecule has 0 aromatic heterocycles. The fourth-order valence-corrected chi connectivity index (χ4v) is 4.01. The van der Waals surface area contributed by atoms with E-state index in [4.69, 9.17) is 0 Å². The Labute approximate surface area is 157 Å². The summed E-state index contributed by atoms with van der Waals surface area (Å²) in [4.78, 5) is 16.5. The van der Waals surface area contributed by atoms with Crippen LogP contribution in [0, 0.1) is 11.8 Å². The van der Waals surface area contributed by atoms with Gasteiger partial charge in [0.25, 0.3) is 0 Å². The highest BCUT2D eigenvalue weighted by Crippen LogP contribution is 2.44. The standard InChI is InChI=1S/C20H26F3N3O/c21-20(22,23)16-2-1-3-17(12-16)26-10-8-25(9-11-26)13-18(27)24-19(14-4-5-14)15-6-7-15/h1-3,12,14-15,19H,4-11,13H2,(H,24,27). The molecule has 1 heterocycles. The summed E-state index contributed by atoms with van der Waals surface area (Å²) in [6.45, 7) is 3.00. The number of halogens is 3. The van der Waals surface area contributed by atoms with Crippen molar-refractivity contribution in [2.45, 2.75) is 37.9 Å². The minimum Gasteiger partial charge on any atom is -0.369 e. The minimum absolute atomic E-state index is 0.0892. The molecular weight excluding hydrogens is 355 g/mol. The number of hydrogen-bond acceptors (Lipinski definition) is 3. The maximum absolute atomic E-state index is 12.9. The highest BCUT2D eigenvalue weighted by Gasteiger charge is 2.42. The third-order valence-electron chi connectivity index (χ3n) is 5.87. The van der Waals surface area contributed by atoms with Crippen LogP contribution in [-0.4, -0.2) is 49.6 Å². The number of hydrogen-bond donors (Lipinski definition) is 1. The molecule has 1 amide bonds. The second-order valence-electron chi connectivity index (χ2n) is 8.08. The first kappa shape index (κ1) is 18.6. The molecule has 4 nitrogen and oxygen atoms in total. The van der Waals surface area contributed by atoms with Crippen LogP contribution in [0.3, 0.4) is 0 Å². The Morgan fingerprint density at radius 2 is 1.70 bits per heavy atom. The highest BCUT2D eigenvalue weighted by molar-refractivity contribution is 5.78. The van der Waals surface area contributed by atoms with Gasteiger partial charge in [0.15, 0.2) is 0 Å². The topological polar surface area (TPSA) is 35.6 Å². The van der Waals surface area contributed by atoms with E-state index in [0.29, 0.717) is 56.3 Å². The molecule has 3 fully saturated rings. The molecule has 27 heavy (non-hydrogen) atoms. The summed E-state index contributed by atoms with van der Waals surface area (Å²) in [5.41, 5.74) is -0.0236. The van der Waals surface area contributed by atoms with Crippen molar-refractivity contribution in [3.8, 4) is 0 Å². The van der Waals surface area contributed by atoms with Crippen LogP contribution in [0.15, 0.2) is 24.3 Å². The van der Waals surface area contributed by atoms with E-state index >= 15 is 0 Å². The zero-order chi connectivity index (χ0) is 19.0. The minimum atomic E-state index is -4.32. The number of piperazine rings is 1. The van der Waals surface area contributed by atoms with E-state index in [2.05, 4.69) is 10.2 Å². The Kier molecular flexibility index (Phi) is 5.05. The molecule has 0 radical (unpaired) electrons. The van der Waals surface area contributed by atoms with Crippen molar-refractivity contribution in [3.63, 3.8) is 0 Å². The average Bonchev–Trinajstić information content (AvgIpc) is 3.54. The molecule has 4 rings (SSSR count). The third kappa shape index (κ3) is 4.75. The molecule has 0 spiro atoms. The Bertz CT molecular complexity index is 665. The van der Waals surface area contributed by atoms with Gasteiger partial charge < -0.3 is 10.2 Å². The van der Waals surface area contributed by atoms with E-state index in [-0.39, 0.29) is 5.91 Å². The van der Waals surface area contributed by atoms with Gasteiger partial charge in [0, 0.05) is 37.9 Å². The Hall–Kier alpha value is -1.76. The quantitative estimate of drug-likeness (QED) is 0.822. The Balaban J connectivity index is 1.27. The summed E-state index contributed by atoms with van der Waals surface area (Å²) >= 11 is 0. The Morgan fingerprint density at radius 3 is 2.26 bits per heavy atom. The van der Waals surface area contributed by atoms with Gasteiger partial charge in [-0.3, -0.25) is 9.69 Å². The molecule has 0 bridgehead atoms. The highest BCUT2D eigenvalue weighted by atomic mass is 19.4. The lowest BCUT2D eigenvalue weighted by atomic mass is 10.1. The van der Waals surface area contributed by atoms with E-state index in [1.54, 1.807) is 6.07 Å². The monoisotopic (exact) mass is 381 g/mol. The zero-order valence-corrected chi connectivity index (χ0v) is 15.3. The van der Waals surface area contributed by atoms with Crippen molar-refractivity contribution in [2.75, 3.05) is 37.6 Å². The second-order valence-corrected chi connectivity index (χ2v) is 8.08. The van der Waals surface area contributed by atoms with Crippen molar-refractivity contribution in [3.05, 3.63) is 29.8 Å². The van der Waals surface area contributed by atoms with Gasteiger partial charge in [-0.1, -0.05) is 6.07 Å². The van der Waals surface area contributed by atoms with E-state index < -0.39 is 11.7 Å². The van der Waals surface area contributed by atoms with Gasteiger partial charge in [-0.15, -0.1) is 0 Å². The number of nitrogens with zero attached hydrogens (tertiary/aromatic N) is 2. The van der Waals surface area contributed by atoms with Crippen LogP contribution in [0.5, 0.6) is 0 Å². The van der Waals surface area contributed by atoms with E-state index in [0.717, 1.165) is 6.07 Å². The van der Waals surface area contributed by atoms with Crippen LogP contribution in [0.4, 0.5) is 18.9 Å². The first-order valence-corrected chi connectivity index (χ1v) is 9.84. The normalized spacial score (nSPS) is 21.6. The third-order valence-corrected chi connectivity index (χ3v) is 5.87. The number of carbonyl (C=O) groups is 1. The van der Waals surface area contributed by atoms with Crippen LogP contribution < -0.4 is 10.2 Å². The van der Waals surface area contributed by atoms with Gasteiger partial charge >= 0.3 is 6.18 Å². The molecule has 148 valence electrons. The molecule has 2 saturated carbocycles. The molecule has 0 atom stereocenters. The van der Waals surface area contributed by atoms with Gasteiger partial charge in [-0.05, 0) is 55.7 Å². The first-order valence-electron chi connectivity index (χ1n) is 9.84. The molecular formula is C20H26F3N3O. The second kappa shape index (κ2) is 7.34. The van der Waals surface area contributed by atoms with Crippen molar-refractivity contribution in [1.29, 1.82) is 0 Å². The molecule has 3 aliphatic rings. The summed E-state index contributed by atoms with van der Waals surface area (Å²) in [5, 5.41) is 3.24. The molecule has 0 unspecified atom stereocenters. The zero-order valence-electron chi connectivity index (χ0n) is 15.3. The van der Waals surface area contributed by atoms with Gasteiger partial charge in [0.05, 0.1) is 12.1 Å². The van der Waals surface area contributed by atoms with Gasteiger partial charge in [-0.25, -0.2) is 0 Å². The Morgan fingerprint density at radius 1 is 1.07 bits per heavy atom. The molecule has 2 aliphatic carbocycles. The lowest BCUT2D eigenvalue weighted by molar-refractivity contribution is -0.137. The van der Waals surface area contributed by atoms with Gasteiger partial charge in [0.2, 0.25) is 5.91 Å². The van der Waals surface area contributed by atoms with Crippen molar-refractivity contribution < 1.29 is 18.0 Å². The number of nitrogens with one attached hydrogen (secondary N) is 1. The number of amides is 1. The van der Waals surface area contributed by atoms with E-state index in [9.17, 15) is 18.0 Å².